The summed E-state index contributed by atoms with van der Waals surface area (Å²) in [7, 11) is 1.38. The van der Waals surface area contributed by atoms with Gasteiger partial charge in [-0.3, -0.25) is 4.79 Å². The maximum Gasteiger partial charge on any atom is 0.435 e. The third-order valence-electron chi connectivity index (χ3n) is 5.71. The molecule has 182 valence electrons. The summed E-state index contributed by atoms with van der Waals surface area (Å²) in [4.78, 5) is 22.3. The highest BCUT2D eigenvalue weighted by Crippen LogP contribution is 2.49. The number of carbonyl (C=O) groups is 1. The van der Waals surface area contributed by atoms with E-state index in [-0.39, 0.29) is 23.7 Å². The van der Waals surface area contributed by atoms with Crippen LogP contribution in [0.4, 0.5) is 17.6 Å². The SMILES string of the molecule is CO/N=C/CNC(=O)c1ccc(C2=NOC(c3cc(C)cc(F)c3)(C(F)(F)F)C2)c2ccccc12. The molecule has 0 spiro atoms. The smallest absolute Gasteiger partial charge is 0.399 e. The average Bonchev–Trinajstić information content (AvgIpc) is 3.27. The lowest BCUT2D eigenvalue weighted by Crippen LogP contribution is -2.42. The second-order valence-corrected chi connectivity index (χ2v) is 8.03. The van der Waals surface area contributed by atoms with Crippen LogP contribution in [-0.4, -0.2) is 37.7 Å². The summed E-state index contributed by atoms with van der Waals surface area (Å²) in [6, 6.07) is 13.1. The van der Waals surface area contributed by atoms with Crippen molar-refractivity contribution in [2.75, 3.05) is 13.7 Å². The normalized spacial score (nSPS) is 17.9. The van der Waals surface area contributed by atoms with Gasteiger partial charge in [-0.05, 0) is 41.5 Å². The van der Waals surface area contributed by atoms with Gasteiger partial charge >= 0.3 is 6.18 Å². The van der Waals surface area contributed by atoms with E-state index in [0.717, 1.165) is 12.1 Å². The highest BCUT2D eigenvalue weighted by molar-refractivity contribution is 6.16. The van der Waals surface area contributed by atoms with Crippen molar-refractivity contribution in [3.63, 3.8) is 0 Å². The maximum atomic E-state index is 14.3. The second-order valence-electron chi connectivity index (χ2n) is 8.03. The molecule has 6 nitrogen and oxygen atoms in total. The van der Waals surface area contributed by atoms with Gasteiger partial charge in [-0.2, -0.15) is 13.2 Å². The van der Waals surface area contributed by atoms with Crippen molar-refractivity contribution in [2.24, 2.45) is 10.3 Å². The van der Waals surface area contributed by atoms with Crippen molar-refractivity contribution < 1.29 is 32.0 Å². The Balaban J connectivity index is 1.73. The molecular formula is C25H21F4N3O3. The first-order valence-electron chi connectivity index (χ1n) is 10.6. The van der Waals surface area contributed by atoms with Gasteiger partial charge in [-0.25, -0.2) is 4.39 Å². The van der Waals surface area contributed by atoms with Gasteiger partial charge in [0.15, 0.2) is 0 Å². The maximum absolute atomic E-state index is 14.3. The molecule has 35 heavy (non-hydrogen) atoms. The van der Waals surface area contributed by atoms with Crippen LogP contribution in [-0.2, 0) is 15.3 Å². The third-order valence-corrected chi connectivity index (χ3v) is 5.71. The topological polar surface area (TPSA) is 72.3 Å². The first-order chi connectivity index (χ1) is 16.7. The highest BCUT2D eigenvalue weighted by Gasteiger charge is 2.62. The van der Waals surface area contributed by atoms with Gasteiger partial charge in [0.2, 0.25) is 0 Å². The molecule has 10 heteroatoms. The van der Waals surface area contributed by atoms with Crippen molar-refractivity contribution in [3.8, 4) is 0 Å². The Morgan fingerprint density at radius 2 is 1.94 bits per heavy atom. The van der Waals surface area contributed by atoms with Crippen molar-refractivity contribution in [2.45, 2.75) is 25.1 Å². The number of fused-ring (bicyclic) bond motifs is 1. The second kappa shape index (κ2) is 9.36. The van der Waals surface area contributed by atoms with Gasteiger partial charge in [0.1, 0.15) is 12.9 Å². The lowest BCUT2D eigenvalue weighted by atomic mass is 9.84. The molecule has 1 unspecified atom stereocenters. The molecule has 0 bridgehead atoms. The van der Waals surface area contributed by atoms with E-state index >= 15 is 0 Å². The number of benzene rings is 3. The van der Waals surface area contributed by atoms with Crippen LogP contribution in [0.3, 0.4) is 0 Å². The van der Waals surface area contributed by atoms with Crippen LogP contribution < -0.4 is 5.32 Å². The fraction of sp³-hybridized carbons (Fsp3) is 0.240. The predicted octanol–water partition coefficient (Wildman–Crippen LogP) is 5.23. The van der Waals surface area contributed by atoms with Crippen molar-refractivity contribution >= 4 is 28.6 Å². The van der Waals surface area contributed by atoms with Crippen LogP contribution in [0.15, 0.2) is 64.9 Å². The first-order valence-corrected chi connectivity index (χ1v) is 10.6. The molecule has 0 saturated heterocycles. The minimum atomic E-state index is -4.86. The summed E-state index contributed by atoms with van der Waals surface area (Å²) in [6.45, 7) is 1.64. The summed E-state index contributed by atoms with van der Waals surface area (Å²) in [5.74, 6) is -1.18. The molecule has 1 heterocycles. The van der Waals surface area contributed by atoms with Crippen molar-refractivity contribution in [1.82, 2.24) is 5.32 Å². The molecule has 1 atom stereocenters. The standard InChI is InChI=1S/C25H21F4N3O3/c1-15-11-16(13-17(26)12-15)24(25(27,28)29)14-22(32-35-24)20-7-8-21(19-6-4-3-5-18(19)20)23(33)30-9-10-31-34-2/h3-8,10-13H,9,14H2,1-2H3,(H,30,33)/b31-10+. The zero-order valence-electron chi connectivity index (χ0n) is 18.8. The molecule has 3 aromatic rings. The zero-order chi connectivity index (χ0) is 25.2. The molecule has 0 fully saturated rings. The summed E-state index contributed by atoms with van der Waals surface area (Å²) in [5, 5.41) is 11.1. The molecule has 1 aliphatic rings. The van der Waals surface area contributed by atoms with Crippen LogP contribution in [0, 0.1) is 12.7 Å². The fourth-order valence-corrected chi connectivity index (χ4v) is 4.11. The Morgan fingerprint density at radius 1 is 1.20 bits per heavy atom. The number of rotatable bonds is 6. The predicted molar refractivity (Wildman–Crippen MR) is 123 cm³/mol. The first kappa shape index (κ1) is 24.2. The monoisotopic (exact) mass is 487 g/mol. The molecule has 0 aromatic heterocycles. The van der Waals surface area contributed by atoms with Gasteiger partial charge in [-0.1, -0.05) is 46.7 Å². The van der Waals surface area contributed by atoms with Crippen LogP contribution in [0.1, 0.15) is 33.5 Å². The number of amides is 1. The molecular weight excluding hydrogens is 466 g/mol. The van der Waals surface area contributed by atoms with Crippen molar-refractivity contribution in [1.29, 1.82) is 0 Å². The Bertz CT molecular complexity index is 1320. The van der Waals surface area contributed by atoms with E-state index in [0.29, 0.717) is 27.5 Å². The third kappa shape index (κ3) is 4.55. The Labute approximate surface area is 198 Å². The van der Waals surface area contributed by atoms with E-state index in [1.165, 1.54) is 38.4 Å². The molecule has 0 saturated carbocycles. The van der Waals surface area contributed by atoms with Crippen LogP contribution in [0.5, 0.6) is 0 Å². The number of carbonyl (C=O) groups excluding carboxylic acids is 1. The van der Waals surface area contributed by atoms with Gasteiger partial charge in [-0.15, -0.1) is 0 Å². The molecule has 1 N–H and O–H groups in total. The van der Waals surface area contributed by atoms with Crippen LogP contribution in [0.25, 0.3) is 10.8 Å². The number of alkyl halides is 3. The largest absolute Gasteiger partial charge is 0.435 e. The van der Waals surface area contributed by atoms with Crippen molar-refractivity contribution in [3.05, 3.63) is 82.7 Å². The van der Waals surface area contributed by atoms with Crippen LogP contribution in [0.2, 0.25) is 0 Å². The molecule has 1 amide bonds. The summed E-state index contributed by atoms with van der Waals surface area (Å²) >= 11 is 0. The number of halogens is 4. The van der Waals surface area contributed by atoms with E-state index < -0.39 is 24.0 Å². The molecule has 0 aliphatic carbocycles. The summed E-state index contributed by atoms with van der Waals surface area (Å²) < 4.78 is 57.0. The zero-order valence-corrected chi connectivity index (χ0v) is 18.8. The number of oxime groups is 2. The number of hydrogen-bond donors (Lipinski definition) is 1. The number of nitrogens with one attached hydrogen (secondary N) is 1. The number of nitrogens with zero attached hydrogens (tertiary/aromatic N) is 2. The van der Waals surface area contributed by atoms with E-state index in [9.17, 15) is 22.4 Å². The molecule has 1 aliphatic heterocycles. The Morgan fingerprint density at radius 3 is 2.63 bits per heavy atom. The summed E-state index contributed by atoms with van der Waals surface area (Å²) in [5.41, 5.74) is -2.10. The van der Waals surface area contributed by atoms with Gasteiger partial charge in [0.05, 0.1) is 18.5 Å². The minimum Gasteiger partial charge on any atom is -0.399 e. The number of aryl methyl sites for hydroxylation is 1. The minimum absolute atomic E-state index is 0.0413. The van der Waals surface area contributed by atoms with Gasteiger partial charge in [0.25, 0.3) is 11.5 Å². The lowest BCUT2D eigenvalue weighted by molar-refractivity contribution is -0.275. The molecule has 4 rings (SSSR count). The van der Waals surface area contributed by atoms with E-state index in [1.54, 1.807) is 24.3 Å². The molecule has 0 radical (unpaired) electrons. The van der Waals surface area contributed by atoms with Crippen LogP contribution >= 0.6 is 0 Å². The quantitative estimate of drug-likeness (QED) is 0.294. The Kier molecular flexibility index (Phi) is 6.47. The lowest BCUT2D eigenvalue weighted by Gasteiger charge is -2.29. The molecule has 3 aromatic carbocycles. The van der Waals surface area contributed by atoms with Gasteiger partial charge < -0.3 is 15.0 Å². The van der Waals surface area contributed by atoms with E-state index in [2.05, 4.69) is 20.5 Å². The number of hydrogen-bond acceptors (Lipinski definition) is 5. The Hall–Kier alpha value is -3.95. The van der Waals surface area contributed by atoms with E-state index in [1.807, 2.05) is 0 Å². The summed E-state index contributed by atoms with van der Waals surface area (Å²) in [6.07, 6.45) is -4.13. The highest BCUT2D eigenvalue weighted by atomic mass is 19.4. The average molecular weight is 487 g/mol. The van der Waals surface area contributed by atoms with Gasteiger partial charge in [0, 0.05) is 23.1 Å². The fourth-order valence-electron chi connectivity index (χ4n) is 4.11. The van der Waals surface area contributed by atoms with E-state index in [4.69, 9.17) is 4.84 Å².